The molecule has 1 atom stereocenters. The van der Waals surface area contributed by atoms with Crippen molar-refractivity contribution in [2.24, 2.45) is 17.8 Å². The van der Waals surface area contributed by atoms with E-state index in [0.29, 0.717) is 0 Å². The predicted molar refractivity (Wildman–Crippen MR) is 72.3 cm³/mol. The molecule has 1 nitrogen and oxygen atoms in total. The molecule has 94 valence electrons. The quantitative estimate of drug-likeness (QED) is 0.671. The lowest BCUT2D eigenvalue weighted by Crippen LogP contribution is -2.34. The predicted octanol–water partition coefficient (Wildman–Crippen LogP) is 4.30. The second-order valence-corrected chi connectivity index (χ2v) is 5.85. The minimum absolute atomic E-state index is 0.787. The van der Waals surface area contributed by atoms with Crippen molar-refractivity contribution in [3.05, 3.63) is 12.3 Å². The molecular weight excluding hydrogens is 194 g/mol. The number of nitrogens with zero attached hydrogens (tertiary/aromatic N) is 1. The molecule has 1 aliphatic heterocycles. The van der Waals surface area contributed by atoms with Gasteiger partial charge in [-0.05, 0) is 37.0 Å². The highest BCUT2D eigenvalue weighted by Crippen LogP contribution is 2.27. The highest BCUT2D eigenvalue weighted by Gasteiger charge is 2.22. The van der Waals surface area contributed by atoms with E-state index in [1.54, 1.807) is 0 Å². The normalized spacial score (nSPS) is 20.2. The van der Waals surface area contributed by atoms with Gasteiger partial charge in [-0.25, -0.2) is 0 Å². The summed E-state index contributed by atoms with van der Waals surface area (Å²) in [7, 11) is 0. The Bertz CT molecular complexity index is 211. The lowest BCUT2D eigenvalue weighted by Gasteiger charge is -2.37. The zero-order valence-electron chi connectivity index (χ0n) is 11.6. The topological polar surface area (TPSA) is 3.24 Å². The van der Waals surface area contributed by atoms with E-state index in [4.69, 9.17) is 0 Å². The number of hydrogen-bond acceptors (Lipinski definition) is 1. The van der Waals surface area contributed by atoms with E-state index in [0.717, 1.165) is 17.8 Å². The zero-order valence-corrected chi connectivity index (χ0v) is 11.6. The second-order valence-electron chi connectivity index (χ2n) is 5.85. The van der Waals surface area contributed by atoms with Crippen LogP contribution in [0.25, 0.3) is 0 Å². The Kier molecular flexibility index (Phi) is 5.37. The van der Waals surface area contributed by atoms with Crippen LogP contribution < -0.4 is 0 Å². The third kappa shape index (κ3) is 3.84. The van der Waals surface area contributed by atoms with Crippen LogP contribution in [0, 0.1) is 17.8 Å². The first-order chi connectivity index (χ1) is 7.54. The van der Waals surface area contributed by atoms with E-state index in [9.17, 15) is 0 Å². The molecule has 0 amide bonds. The lowest BCUT2D eigenvalue weighted by molar-refractivity contribution is 0.184. The first-order valence-electron chi connectivity index (χ1n) is 6.97. The van der Waals surface area contributed by atoms with Gasteiger partial charge in [0.2, 0.25) is 0 Å². The monoisotopic (exact) mass is 223 g/mol. The summed E-state index contributed by atoms with van der Waals surface area (Å²) in [5, 5.41) is 0. The van der Waals surface area contributed by atoms with Crippen LogP contribution in [-0.2, 0) is 0 Å². The minimum atomic E-state index is 0.787. The van der Waals surface area contributed by atoms with Crippen LogP contribution >= 0.6 is 0 Å². The van der Waals surface area contributed by atoms with Gasteiger partial charge in [-0.3, -0.25) is 0 Å². The summed E-state index contributed by atoms with van der Waals surface area (Å²) in [6.45, 7) is 16.0. The van der Waals surface area contributed by atoms with Crippen LogP contribution in [0.15, 0.2) is 12.3 Å². The summed E-state index contributed by atoms with van der Waals surface area (Å²) < 4.78 is 0. The number of allylic oxidation sites excluding steroid dienone is 1. The van der Waals surface area contributed by atoms with Gasteiger partial charge in [0.1, 0.15) is 0 Å². The Morgan fingerprint density at radius 2 is 1.81 bits per heavy atom. The molecule has 1 saturated heterocycles. The Balaban J connectivity index is 2.33. The van der Waals surface area contributed by atoms with E-state index in [2.05, 4.69) is 39.2 Å². The van der Waals surface area contributed by atoms with Gasteiger partial charge in [0.15, 0.2) is 0 Å². The molecule has 1 fully saturated rings. The Morgan fingerprint density at radius 1 is 1.25 bits per heavy atom. The fourth-order valence-electron chi connectivity index (χ4n) is 2.56. The van der Waals surface area contributed by atoms with Gasteiger partial charge in [0.25, 0.3) is 0 Å². The van der Waals surface area contributed by atoms with Crippen molar-refractivity contribution >= 4 is 0 Å². The van der Waals surface area contributed by atoms with Gasteiger partial charge < -0.3 is 4.90 Å². The van der Waals surface area contributed by atoms with E-state index < -0.39 is 0 Å². The molecular formula is C15H29N. The molecule has 0 radical (unpaired) electrons. The minimum Gasteiger partial charge on any atom is -0.375 e. The lowest BCUT2D eigenvalue weighted by atomic mass is 9.86. The highest BCUT2D eigenvalue weighted by molar-refractivity contribution is 4.97. The summed E-state index contributed by atoms with van der Waals surface area (Å²) in [6.07, 6.45) is 5.17. The number of rotatable bonds is 5. The summed E-state index contributed by atoms with van der Waals surface area (Å²) in [5.74, 6) is 2.58. The van der Waals surface area contributed by atoms with Crippen molar-refractivity contribution < 1.29 is 0 Å². The standard InChI is InChI=1S/C15H29N/c1-6-13(4)11-14(5)16-9-7-15(8-10-16)12(2)3/h12-13,15H,5-11H2,1-4H3. The van der Waals surface area contributed by atoms with Crippen molar-refractivity contribution in [1.29, 1.82) is 0 Å². The maximum Gasteiger partial charge on any atom is 0.0177 e. The van der Waals surface area contributed by atoms with Crippen LogP contribution in [0.4, 0.5) is 0 Å². The molecule has 0 spiro atoms. The van der Waals surface area contributed by atoms with Crippen molar-refractivity contribution in [2.45, 2.75) is 53.4 Å². The van der Waals surface area contributed by atoms with Gasteiger partial charge in [-0.1, -0.05) is 40.7 Å². The highest BCUT2D eigenvalue weighted by atomic mass is 15.1. The summed E-state index contributed by atoms with van der Waals surface area (Å²) in [4.78, 5) is 2.52. The molecule has 0 aromatic heterocycles. The van der Waals surface area contributed by atoms with E-state index in [1.807, 2.05) is 0 Å². The van der Waals surface area contributed by atoms with Gasteiger partial charge in [-0.2, -0.15) is 0 Å². The SMILES string of the molecule is C=C(CC(C)CC)N1CCC(C(C)C)CC1. The van der Waals surface area contributed by atoms with Gasteiger partial charge in [-0.15, -0.1) is 0 Å². The Morgan fingerprint density at radius 3 is 2.25 bits per heavy atom. The molecule has 1 aliphatic rings. The first-order valence-corrected chi connectivity index (χ1v) is 6.97. The van der Waals surface area contributed by atoms with Crippen molar-refractivity contribution in [3.63, 3.8) is 0 Å². The van der Waals surface area contributed by atoms with Gasteiger partial charge in [0, 0.05) is 18.8 Å². The molecule has 16 heavy (non-hydrogen) atoms. The van der Waals surface area contributed by atoms with E-state index in [1.165, 1.54) is 44.5 Å². The largest absolute Gasteiger partial charge is 0.375 e. The molecule has 0 saturated carbocycles. The van der Waals surface area contributed by atoms with Gasteiger partial charge in [0.05, 0.1) is 0 Å². The van der Waals surface area contributed by atoms with Crippen LogP contribution in [0.2, 0.25) is 0 Å². The number of piperidine rings is 1. The Labute approximate surface area is 102 Å². The first kappa shape index (κ1) is 13.6. The molecule has 0 bridgehead atoms. The average molecular weight is 223 g/mol. The molecule has 1 heteroatoms. The third-order valence-corrected chi connectivity index (χ3v) is 4.21. The fourth-order valence-corrected chi connectivity index (χ4v) is 2.56. The molecule has 0 aromatic rings. The van der Waals surface area contributed by atoms with Crippen molar-refractivity contribution in [3.8, 4) is 0 Å². The molecule has 0 aromatic carbocycles. The second kappa shape index (κ2) is 6.32. The molecule has 1 rings (SSSR count). The van der Waals surface area contributed by atoms with Gasteiger partial charge >= 0.3 is 0 Å². The summed E-state index contributed by atoms with van der Waals surface area (Å²) >= 11 is 0. The third-order valence-electron chi connectivity index (χ3n) is 4.21. The molecule has 1 unspecified atom stereocenters. The van der Waals surface area contributed by atoms with Crippen molar-refractivity contribution in [2.75, 3.05) is 13.1 Å². The number of likely N-dealkylation sites (tertiary alicyclic amines) is 1. The van der Waals surface area contributed by atoms with Crippen LogP contribution in [0.1, 0.15) is 53.4 Å². The van der Waals surface area contributed by atoms with E-state index >= 15 is 0 Å². The smallest absolute Gasteiger partial charge is 0.0177 e. The average Bonchev–Trinajstić information content (AvgIpc) is 2.28. The zero-order chi connectivity index (χ0) is 12.1. The van der Waals surface area contributed by atoms with E-state index in [-0.39, 0.29) is 0 Å². The maximum atomic E-state index is 4.26. The fraction of sp³-hybridized carbons (Fsp3) is 0.867. The van der Waals surface area contributed by atoms with Crippen molar-refractivity contribution in [1.82, 2.24) is 4.90 Å². The summed E-state index contributed by atoms with van der Waals surface area (Å²) in [5.41, 5.74) is 1.37. The van der Waals surface area contributed by atoms with Crippen LogP contribution in [0.5, 0.6) is 0 Å². The Hall–Kier alpha value is -0.460. The maximum absolute atomic E-state index is 4.26. The van der Waals surface area contributed by atoms with Crippen LogP contribution in [-0.4, -0.2) is 18.0 Å². The molecule has 0 N–H and O–H groups in total. The number of hydrogen-bond donors (Lipinski definition) is 0. The molecule has 0 aliphatic carbocycles. The summed E-state index contributed by atoms with van der Waals surface area (Å²) in [6, 6.07) is 0. The molecule has 1 heterocycles. The van der Waals surface area contributed by atoms with Crippen LogP contribution in [0.3, 0.4) is 0 Å².